The fourth-order valence-electron chi connectivity index (χ4n) is 3.33. The average molecular weight is 244 g/mol. The van der Waals surface area contributed by atoms with E-state index in [9.17, 15) is 9.18 Å². The topological polar surface area (TPSA) is 34.0 Å². The second-order valence-electron chi connectivity index (χ2n) is 5.05. The Hall–Kier alpha value is -1.68. The van der Waals surface area contributed by atoms with Crippen molar-refractivity contribution >= 4 is 16.8 Å². The summed E-state index contributed by atoms with van der Waals surface area (Å²) in [5, 5.41) is 4.36. The van der Waals surface area contributed by atoms with Crippen molar-refractivity contribution in [3.8, 4) is 0 Å². The molecule has 1 unspecified atom stereocenters. The molecule has 3 heterocycles. The van der Waals surface area contributed by atoms with Crippen molar-refractivity contribution in [2.45, 2.75) is 25.3 Å². The molecule has 4 rings (SSSR count). The van der Waals surface area contributed by atoms with Gasteiger partial charge in [0, 0.05) is 23.5 Å². The highest BCUT2D eigenvalue weighted by Crippen LogP contribution is 2.38. The Bertz CT molecular complexity index is 674. The van der Waals surface area contributed by atoms with Crippen LogP contribution >= 0.6 is 0 Å². The zero-order valence-corrected chi connectivity index (χ0v) is 9.87. The van der Waals surface area contributed by atoms with Gasteiger partial charge in [-0.05, 0) is 43.1 Å². The number of fused-ring (bicyclic) bond motifs is 3. The number of hydrogen-bond acceptors (Lipinski definition) is 2. The monoisotopic (exact) mass is 244 g/mol. The van der Waals surface area contributed by atoms with Crippen molar-refractivity contribution in [2.75, 3.05) is 6.54 Å². The molecule has 2 aromatic rings. The summed E-state index contributed by atoms with van der Waals surface area (Å²) in [4.78, 5) is 12.1. The Morgan fingerprint density at radius 3 is 3.11 bits per heavy atom. The standard InChI is InChI=1S/C14H13FN2O/c15-8-1-3-12-10(7-8)9-5-6-16-11-2-4-13(18)17(12)14(9)11/h1,3,7,11,16H,2,4-6H2. The third-order valence-electron chi connectivity index (χ3n) is 4.07. The van der Waals surface area contributed by atoms with Crippen LogP contribution in [-0.2, 0) is 6.42 Å². The summed E-state index contributed by atoms with van der Waals surface area (Å²) in [7, 11) is 0. The molecule has 92 valence electrons. The summed E-state index contributed by atoms with van der Waals surface area (Å²) >= 11 is 0. The van der Waals surface area contributed by atoms with E-state index in [1.807, 2.05) is 0 Å². The van der Waals surface area contributed by atoms with E-state index in [0.717, 1.165) is 41.5 Å². The van der Waals surface area contributed by atoms with Crippen LogP contribution in [0.25, 0.3) is 10.9 Å². The van der Waals surface area contributed by atoms with Gasteiger partial charge < -0.3 is 5.32 Å². The molecule has 0 spiro atoms. The largest absolute Gasteiger partial charge is 0.308 e. The van der Waals surface area contributed by atoms with Crippen LogP contribution in [0.4, 0.5) is 4.39 Å². The number of benzene rings is 1. The van der Waals surface area contributed by atoms with Gasteiger partial charge >= 0.3 is 0 Å². The quantitative estimate of drug-likeness (QED) is 0.772. The van der Waals surface area contributed by atoms with Crippen LogP contribution in [0.2, 0.25) is 0 Å². The predicted octanol–water partition coefficient (Wildman–Crippen LogP) is 2.40. The van der Waals surface area contributed by atoms with E-state index in [0.29, 0.717) is 6.42 Å². The van der Waals surface area contributed by atoms with E-state index in [1.54, 1.807) is 16.7 Å². The summed E-state index contributed by atoms with van der Waals surface area (Å²) in [5.74, 6) is -0.1000. The van der Waals surface area contributed by atoms with E-state index >= 15 is 0 Å². The summed E-state index contributed by atoms with van der Waals surface area (Å²) < 4.78 is 15.2. The van der Waals surface area contributed by atoms with Gasteiger partial charge in [-0.15, -0.1) is 0 Å². The first-order valence-electron chi connectivity index (χ1n) is 6.35. The van der Waals surface area contributed by atoms with Gasteiger partial charge in [-0.25, -0.2) is 4.39 Å². The number of nitrogens with zero attached hydrogens (tertiary/aromatic N) is 1. The van der Waals surface area contributed by atoms with Gasteiger partial charge in [-0.2, -0.15) is 0 Å². The van der Waals surface area contributed by atoms with Crippen LogP contribution in [0, 0.1) is 5.82 Å². The Balaban J connectivity index is 2.15. The molecule has 0 saturated heterocycles. The molecule has 2 aliphatic rings. The van der Waals surface area contributed by atoms with Crippen LogP contribution in [0.1, 0.15) is 34.9 Å². The molecule has 0 radical (unpaired) electrons. The molecule has 18 heavy (non-hydrogen) atoms. The maximum Gasteiger partial charge on any atom is 0.231 e. The minimum absolute atomic E-state index is 0.132. The van der Waals surface area contributed by atoms with Crippen molar-refractivity contribution in [1.29, 1.82) is 0 Å². The first kappa shape index (κ1) is 10.3. The highest BCUT2D eigenvalue weighted by atomic mass is 19.1. The third kappa shape index (κ3) is 1.18. The second kappa shape index (κ2) is 3.42. The van der Waals surface area contributed by atoms with Gasteiger partial charge in [0.1, 0.15) is 5.82 Å². The maximum atomic E-state index is 13.4. The molecule has 0 fully saturated rings. The number of carbonyl (C=O) groups is 1. The zero-order chi connectivity index (χ0) is 12.3. The van der Waals surface area contributed by atoms with Gasteiger partial charge in [0.05, 0.1) is 5.52 Å². The normalized spacial score (nSPS) is 22.3. The molecule has 2 aliphatic heterocycles. The van der Waals surface area contributed by atoms with Gasteiger partial charge in [0.15, 0.2) is 0 Å². The Kier molecular flexibility index (Phi) is 1.95. The van der Waals surface area contributed by atoms with Gasteiger partial charge in [-0.1, -0.05) is 0 Å². The van der Waals surface area contributed by atoms with E-state index < -0.39 is 0 Å². The number of halogens is 1. The van der Waals surface area contributed by atoms with Crippen LogP contribution in [-0.4, -0.2) is 17.0 Å². The van der Waals surface area contributed by atoms with Gasteiger partial charge in [-0.3, -0.25) is 9.36 Å². The fourth-order valence-corrected chi connectivity index (χ4v) is 3.33. The number of hydrogen-bond donors (Lipinski definition) is 1. The van der Waals surface area contributed by atoms with Crippen LogP contribution in [0.3, 0.4) is 0 Å². The van der Waals surface area contributed by atoms with Crippen LogP contribution < -0.4 is 5.32 Å². The van der Waals surface area contributed by atoms with Gasteiger partial charge in [0.2, 0.25) is 5.91 Å². The van der Waals surface area contributed by atoms with E-state index in [1.165, 1.54) is 6.07 Å². The number of rotatable bonds is 0. The zero-order valence-electron chi connectivity index (χ0n) is 9.87. The molecule has 3 nitrogen and oxygen atoms in total. The number of carbonyl (C=O) groups excluding carboxylic acids is 1. The molecular formula is C14H13FN2O. The van der Waals surface area contributed by atoms with Crippen molar-refractivity contribution in [2.24, 2.45) is 0 Å². The first-order valence-corrected chi connectivity index (χ1v) is 6.35. The van der Waals surface area contributed by atoms with E-state index in [2.05, 4.69) is 5.32 Å². The second-order valence-corrected chi connectivity index (χ2v) is 5.05. The summed E-state index contributed by atoms with van der Waals surface area (Å²) in [6.45, 7) is 0.904. The lowest BCUT2D eigenvalue weighted by molar-refractivity contribution is 0.0873. The van der Waals surface area contributed by atoms with Crippen LogP contribution in [0.5, 0.6) is 0 Å². The van der Waals surface area contributed by atoms with Gasteiger partial charge in [0.25, 0.3) is 0 Å². The number of aromatic nitrogens is 1. The maximum absolute atomic E-state index is 13.4. The lowest BCUT2D eigenvalue weighted by atomic mass is 9.94. The average Bonchev–Trinajstić information content (AvgIpc) is 2.70. The molecule has 0 bridgehead atoms. The van der Waals surface area contributed by atoms with E-state index in [-0.39, 0.29) is 17.8 Å². The van der Waals surface area contributed by atoms with Crippen molar-refractivity contribution in [1.82, 2.24) is 9.88 Å². The van der Waals surface area contributed by atoms with Crippen LogP contribution in [0.15, 0.2) is 18.2 Å². The highest BCUT2D eigenvalue weighted by molar-refractivity contribution is 5.97. The Morgan fingerprint density at radius 1 is 1.33 bits per heavy atom. The van der Waals surface area contributed by atoms with Crippen molar-refractivity contribution in [3.05, 3.63) is 35.3 Å². The first-order chi connectivity index (χ1) is 8.75. The SMILES string of the molecule is O=C1CCC2NCCc3c2n1c1ccc(F)cc31. The molecule has 0 amide bonds. The third-order valence-corrected chi connectivity index (χ3v) is 4.07. The molecule has 0 saturated carbocycles. The van der Waals surface area contributed by atoms with Crippen molar-refractivity contribution < 1.29 is 9.18 Å². The Morgan fingerprint density at radius 2 is 2.22 bits per heavy atom. The van der Waals surface area contributed by atoms with E-state index in [4.69, 9.17) is 0 Å². The minimum Gasteiger partial charge on any atom is -0.308 e. The minimum atomic E-state index is -0.232. The Labute approximate surface area is 104 Å². The van der Waals surface area contributed by atoms with Crippen molar-refractivity contribution in [3.63, 3.8) is 0 Å². The molecule has 1 aromatic carbocycles. The fraction of sp³-hybridized carbons (Fsp3) is 0.357. The molecule has 1 N–H and O–H groups in total. The lowest BCUT2D eigenvalue weighted by Crippen LogP contribution is -2.36. The summed E-state index contributed by atoms with van der Waals surface area (Å²) in [5.41, 5.74) is 3.08. The number of nitrogens with one attached hydrogen (secondary N) is 1. The lowest BCUT2D eigenvalue weighted by Gasteiger charge is -2.29. The summed E-state index contributed by atoms with van der Waals surface area (Å²) in [6.07, 6.45) is 2.28. The predicted molar refractivity (Wildman–Crippen MR) is 66.2 cm³/mol. The molecule has 4 heteroatoms. The molecule has 1 atom stereocenters. The molecular weight excluding hydrogens is 231 g/mol. The summed E-state index contributed by atoms with van der Waals surface area (Å²) in [6, 6.07) is 4.97. The highest BCUT2D eigenvalue weighted by Gasteiger charge is 2.33. The smallest absolute Gasteiger partial charge is 0.231 e. The molecule has 1 aromatic heterocycles. The molecule has 0 aliphatic carbocycles.